The first kappa shape index (κ1) is 23.3. The quantitative estimate of drug-likeness (QED) is 0.545. The lowest BCUT2D eigenvalue weighted by Gasteiger charge is -2.34. The second-order valence-electron chi connectivity index (χ2n) is 8.42. The van der Waals surface area contributed by atoms with E-state index >= 15 is 0 Å². The molecule has 0 aliphatic carbocycles. The van der Waals surface area contributed by atoms with Gasteiger partial charge in [-0.05, 0) is 61.7 Å². The fourth-order valence-corrected chi connectivity index (χ4v) is 6.12. The van der Waals surface area contributed by atoms with E-state index in [-0.39, 0.29) is 28.4 Å². The molecule has 2 aromatic carbocycles. The van der Waals surface area contributed by atoms with Gasteiger partial charge < -0.3 is 13.9 Å². The molecule has 3 aromatic rings. The minimum Gasteiger partial charge on any atom is -0.486 e. The molecule has 10 nitrogen and oxygen atoms in total. The lowest BCUT2D eigenvalue weighted by molar-refractivity contribution is 0.102. The summed E-state index contributed by atoms with van der Waals surface area (Å²) in [5, 5.41) is 10.4. The number of aromatic nitrogens is 2. The number of piperidine rings is 1. The van der Waals surface area contributed by atoms with Gasteiger partial charge >= 0.3 is 6.01 Å². The van der Waals surface area contributed by atoms with Gasteiger partial charge in [0.1, 0.15) is 13.2 Å². The van der Waals surface area contributed by atoms with Gasteiger partial charge in [-0.25, -0.2) is 8.42 Å². The number of rotatable bonds is 6. The summed E-state index contributed by atoms with van der Waals surface area (Å²) >= 11 is 0. The minimum absolute atomic E-state index is 0.0117. The molecule has 1 aromatic heterocycles. The van der Waals surface area contributed by atoms with Crippen molar-refractivity contribution in [2.45, 2.75) is 43.5 Å². The molecule has 0 saturated carbocycles. The molecule has 1 fully saturated rings. The van der Waals surface area contributed by atoms with Crippen molar-refractivity contribution < 1.29 is 27.1 Å². The van der Waals surface area contributed by atoms with Gasteiger partial charge in [-0.3, -0.25) is 10.1 Å². The van der Waals surface area contributed by atoms with Gasteiger partial charge in [0, 0.05) is 23.7 Å². The van der Waals surface area contributed by atoms with Gasteiger partial charge in [-0.1, -0.05) is 18.4 Å². The first-order valence-corrected chi connectivity index (χ1v) is 13.1. The molecular weight excluding hydrogens is 472 g/mol. The number of fused-ring (bicyclic) bond motifs is 1. The van der Waals surface area contributed by atoms with Crippen molar-refractivity contribution in [3.63, 3.8) is 0 Å². The number of carbonyl (C=O) groups excluding carboxylic acids is 1. The van der Waals surface area contributed by atoms with Crippen LogP contribution in [-0.4, -0.2) is 54.6 Å². The van der Waals surface area contributed by atoms with Crippen LogP contribution in [0.15, 0.2) is 51.8 Å². The zero-order chi connectivity index (χ0) is 24.4. The molecule has 0 unspecified atom stereocenters. The lowest BCUT2D eigenvalue weighted by atomic mass is 10.0. The largest absolute Gasteiger partial charge is 0.486 e. The Bertz CT molecular complexity index is 1320. The molecule has 0 spiro atoms. The second-order valence-corrected chi connectivity index (χ2v) is 10.3. The van der Waals surface area contributed by atoms with Crippen LogP contribution in [0.2, 0.25) is 0 Å². The maximum atomic E-state index is 13.1. The van der Waals surface area contributed by atoms with Crippen LogP contribution in [0.3, 0.4) is 0 Å². The van der Waals surface area contributed by atoms with E-state index in [1.54, 1.807) is 22.5 Å². The molecule has 0 radical (unpaired) electrons. The number of carbonyl (C=O) groups is 1. The van der Waals surface area contributed by atoms with Crippen molar-refractivity contribution >= 4 is 21.9 Å². The second kappa shape index (κ2) is 9.67. The van der Waals surface area contributed by atoms with Gasteiger partial charge in [0.2, 0.25) is 15.9 Å². The smallest absolute Gasteiger partial charge is 0.322 e. The van der Waals surface area contributed by atoms with E-state index in [1.165, 1.54) is 24.3 Å². The van der Waals surface area contributed by atoms with Crippen LogP contribution in [0.25, 0.3) is 11.5 Å². The summed E-state index contributed by atoms with van der Waals surface area (Å²) in [6.45, 7) is 3.47. The highest BCUT2D eigenvalue weighted by molar-refractivity contribution is 7.89. The Labute approximate surface area is 203 Å². The van der Waals surface area contributed by atoms with Crippen LogP contribution < -0.4 is 14.8 Å². The van der Waals surface area contributed by atoms with Gasteiger partial charge in [0.15, 0.2) is 11.5 Å². The third kappa shape index (κ3) is 4.73. The van der Waals surface area contributed by atoms with Crippen LogP contribution >= 0.6 is 0 Å². The van der Waals surface area contributed by atoms with E-state index in [2.05, 4.69) is 15.5 Å². The molecule has 2 aliphatic heterocycles. The van der Waals surface area contributed by atoms with Gasteiger partial charge in [-0.15, -0.1) is 5.10 Å². The Morgan fingerprint density at radius 3 is 2.60 bits per heavy atom. The highest BCUT2D eigenvalue weighted by atomic mass is 32.2. The number of benzene rings is 2. The number of ether oxygens (including phenoxy) is 2. The molecule has 35 heavy (non-hydrogen) atoms. The summed E-state index contributed by atoms with van der Waals surface area (Å²) < 4.78 is 44.5. The fraction of sp³-hybridized carbons (Fsp3) is 0.375. The van der Waals surface area contributed by atoms with Crippen LogP contribution in [0, 0.1) is 0 Å². The maximum Gasteiger partial charge on any atom is 0.322 e. The Kier molecular flexibility index (Phi) is 6.44. The fourth-order valence-electron chi connectivity index (χ4n) is 4.35. The number of nitrogens with one attached hydrogen (secondary N) is 1. The predicted octanol–water partition coefficient (Wildman–Crippen LogP) is 3.71. The molecule has 184 valence electrons. The van der Waals surface area contributed by atoms with E-state index in [0.29, 0.717) is 36.8 Å². The lowest BCUT2D eigenvalue weighted by Crippen LogP contribution is -2.43. The highest BCUT2D eigenvalue weighted by Gasteiger charge is 2.32. The van der Waals surface area contributed by atoms with Crippen molar-refractivity contribution in [2.24, 2.45) is 0 Å². The molecule has 2 aliphatic rings. The summed E-state index contributed by atoms with van der Waals surface area (Å²) in [5.74, 6) is 0.952. The van der Waals surface area contributed by atoms with Crippen molar-refractivity contribution in [3.05, 3.63) is 48.0 Å². The first-order chi connectivity index (χ1) is 17.0. The average Bonchev–Trinajstić information content (AvgIpc) is 3.37. The average molecular weight is 499 g/mol. The standard InChI is InChI=1S/C24H26N4O6S/c1-2-18-5-3-4-12-28(18)35(30,31)19-9-6-16(7-10-19)22(29)25-24-27-26-23(34-24)17-8-11-20-21(15-17)33-14-13-32-20/h6-11,15,18H,2-5,12-14H2,1H3,(H,25,27,29)/t18-/m0/s1. The molecular formula is C24H26N4O6S. The molecule has 3 heterocycles. The number of hydrogen-bond donors (Lipinski definition) is 1. The Hall–Kier alpha value is -3.44. The third-order valence-corrected chi connectivity index (χ3v) is 8.17. The number of anilines is 1. The van der Waals surface area contributed by atoms with E-state index < -0.39 is 15.9 Å². The molecule has 1 atom stereocenters. The first-order valence-electron chi connectivity index (χ1n) is 11.6. The summed E-state index contributed by atoms with van der Waals surface area (Å²) in [6, 6.07) is 11.1. The predicted molar refractivity (Wildman–Crippen MR) is 127 cm³/mol. The Balaban J connectivity index is 1.27. The molecule has 11 heteroatoms. The Morgan fingerprint density at radius 2 is 1.83 bits per heavy atom. The zero-order valence-corrected chi connectivity index (χ0v) is 20.1. The third-order valence-electron chi connectivity index (χ3n) is 6.20. The zero-order valence-electron chi connectivity index (χ0n) is 19.3. The van der Waals surface area contributed by atoms with Crippen LogP contribution in [0.4, 0.5) is 6.01 Å². The van der Waals surface area contributed by atoms with Crippen LogP contribution in [0.1, 0.15) is 43.0 Å². The molecule has 0 bridgehead atoms. The molecule has 1 amide bonds. The molecule has 5 rings (SSSR count). The van der Waals surface area contributed by atoms with Crippen molar-refractivity contribution in [3.8, 4) is 23.0 Å². The molecule has 1 N–H and O–H groups in total. The molecule has 1 saturated heterocycles. The highest BCUT2D eigenvalue weighted by Crippen LogP contribution is 2.34. The Morgan fingerprint density at radius 1 is 1.06 bits per heavy atom. The topological polar surface area (TPSA) is 124 Å². The van der Waals surface area contributed by atoms with Gasteiger partial charge in [0.25, 0.3) is 5.91 Å². The normalized spacial score (nSPS) is 18.3. The maximum absolute atomic E-state index is 13.1. The van der Waals surface area contributed by atoms with Crippen molar-refractivity contribution in [2.75, 3.05) is 25.1 Å². The number of nitrogens with zero attached hydrogens (tertiary/aromatic N) is 3. The van der Waals surface area contributed by atoms with Crippen molar-refractivity contribution in [1.29, 1.82) is 0 Å². The summed E-state index contributed by atoms with van der Waals surface area (Å²) in [7, 11) is -3.62. The SMILES string of the molecule is CC[C@H]1CCCCN1S(=O)(=O)c1ccc(C(=O)Nc2nnc(-c3ccc4c(c3)OCCO4)o2)cc1. The summed E-state index contributed by atoms with van der Waals surface area (Å²) in [6.07, 6.45) is 3.54. The van der Waals surface area contributed by atoms with E-state index in [4.69, 9.17) is 13.9 Å². The van der Waals surface area contributed by atoms with Gasteiger partial charge in [0.05, 0.1) is 4.90 Å². The van der Waals surface area contributed by atoms with E-state index in [0.717, 1.165) is 25.7 Å². The van der Waals surface area contributed by atoms with Crippen LogP contribution in [0.5, 0.6) is 11.5 Å². The summed E-state index contributed by atoms with van der Waals surface area (Å²) in [4.78, 5) is 12.9. The number of sulfonamides is 1. The summed E-state index contributed by atoms with van der Waals surface area (Å²) in [5.41, 5.74) is 0.897. The number of hydrogen-bond acceptors (Lipinski definition) is 8. The van der Waals surface area contributed by atoms with Crippen molar-refractivity contribution in [1.82, 2.24) is 14.5 Å². The minimum atomic E-state index is -3.62. The number of amides is 1. The van der Waals surface area contributed by atoms with E-state index in [9.17, 15) is 13.2 Å². The van der Waals surface area contributed by atoms with E-state index in [1.807, 2.05) is 6.92 Å². The van der Waals surface area contributed by atoms with Crippen LogP contribution in [-0.2, 0) is 10.0 Å². The monoisotopic (exact) mass is 498 g/mol. The van der Waals surface area contributed by atoms with Gasteiger partial charge in [-0.2, -0.15) is 4.31 Å².